The molecule has 4 rings (SSSR count). The normalized spacial score (nSPS) is 16.9. The van der Waals surface area contributed by atoms with Crippen LogP contribution in [-0.4, -0.2) is 50.4 Å². The van der Waals surface area contributed by atoms with Gasteiger partial charge in [-0.3, -0.25) is 4.79 Å². The summed E-state index contributed by atoms with van der Waals surface area (Å²) in [5, 5.41) is 21.3. The van der Waals surface area contributed by atoms with Crippen LogP contribution in [0.25, 0.3) is 0 Å². The van der Waals surface area contributed by atoms with Crippen molar-refractivity contribution in [3.05, 3.63) is 58.3 Å². The van der Waals surface area contributed by atoms with Gasteiger partial charge in [0.15, 0.2) is 0 Å². The van der Waals surface area contributed by atoms with Gasteiger partial charge < -0.3 is 14.5 Å². The Morgan fingerprint density at radius 3 is 2.28 bits per heavy atom. The standard InChI is InChI=1S/C31H36F6N8O2/c1-4-6-27(46)47-26-9-7-20(8-10-26)17-44(5-2)28-23(14-25(16-39-28)31(35,36)37)19-45(29-40-42-43(3)41-29)18-22-11-21(15-38)12-24(13-22)30(32,33)34/h11-14,16,20,26H,4-10,17-19H2,1-3H3. The molecular formula is C31H36F6N8O2. The predicted octanol–water partition coefficient (Wildman–Crippen LogP) is 6.45. The highest BCUT2D eigenvalue weighted by molar-refractivity contribution is 5.69. The van der Waals surface area contributed by atoms with Crippen molar-refractivity contribution in [2.45, 2.75) is 83.9 Å². The zero-order valence-corrected chi connectivity index (χ0v) is 26.3. The molecule has 0 radical (unpaired) electrons. The van der Waals surface area contributed by atoms with Crippen LogP contribution in [0, 0.1) is 17.2 Å². The maximum atomic E-state index is 13.9. The highest BCUT2D eigenvalue weighted by atomic mass is 19.4. The van der Waals surface area contributed by atoms with E-state index in [0.717, 1.165) is 42.0 Å². The van der Waals surface area contributed by atoms with Crippen molar-refractivity contribution in [1.82, 2.24) is 25.2 Å². The van der Waals surface area contributed by atoms with Gasteiger partial charge in [0.1, 0.15) is 11.9 Å². The summed E-state index contributed by atoms with van der Waals surface area (Å²) < 4.78 is 88.2. The van der Waals surface area contributed by atoms with E-state index >= 15 is 0 Å². The van der Waals surface area contributed by atoms with E-state index in [4.69, 9.17) is 4.74 Å². The van der Waals surface area contributed by atoms with Crippen LogP contribution in [0.5, 0.6) is 0 Å². The number of pyridine rings is 1. The van der Waals surface area contributed by atoms with Crippen molar-refractivity contribution in [3.63, 3.8) is 0 Å². The lowest BCUT2D eigenvalue weighted by atomic mass is 9.87. The lowest BCUT2D eigenvalue weighted by molar-refractivity contribution is -0.151. The molecule has 0 bridgehead atoms. The molecule has 2 heterocycles. The lowest BCUT2D eigenvalue weighted by Gasteiger charge is -2.34. The first-order valence-corrected chi connectivity index (χ1v) is 15.3. The van der Waals surface area contributed by atoms with Gasteiger partial charge in [-0.25, -0.2) is 4.98 Å². The maximum absolute atomic E-state index is 13.9. The van der Waals surface area contributed by atoms with E-state index in [2.05, 4.69) is 20.4 Å². The minimum Gasteiger partial charge on any atom is -0.462 e. The third-order valence-corrected chi connectivity index (χ3v) is 7.94. The molecule has 2 aromatic heterocycles. The van der Waals surface area contributed by atoms with Crippen LogP contribution in [-0.2, 0) is 42.0 Å². The van der Waals surface area contributed by atoms with E-state index in [0.29, 0.717) is 38.8 Å². The summed E-state index contributed by atoms with van der Waals surface area (Å²) in [5.41, 5.74) is -2.01. The zero-order valence-electron chi connectivity index (χ0n) is 26.3. The number of hydrogen-bond acceptors (Lipinski definition) is 9. The van der Waals surface area contributed by atoms with Crippen LogP contribution in [0.3, 0.4) is 0 Å². The summed E-state index contributed by atoms with van der Waals surface area (Å²) in [6.45, 7) is 4.13. The Kier molecular flexibility index (Phi) is 11.3. The molecule has 1 fully saturated rings. The number of aromatic nitrogens is 5. The predicted molar refractivity (Wildman–Crippen MR) is 159 cm³/mol. The van der Waals surface area contributed by atoms with Gasteiger partial charge >= 0.3 is 18.3 Å². The number of ether oxygens (including phenoxy) is 1. The molecule has 0 N–H and O–H groups in total. The monoisotopic (exact) mass is 666 g/mol. The van der Waals surface area contributed by atoms with E-state index in [1.165, 1.54) is 18.0 Å². The second-order valence-corrected chi connectivity index (χ2v) is 11.6. The minimum atomic E-state index is -4.73. The highest BCUT2D eigenvalue weighted by Gasteiger charge is 2.34. The van der Waals surface area contributed by atoms with Gasteiger partial charge in [-0.15, -0.1) is 5.10 Å². The van der Waals surface area contributed by atoms with Crippen LogP contribution in [0.2, 0.25) is 0 Å². The number of carbonyl (C=O) groups is 1. The van der Waals surface area contributed by atoms with Crippen LogP contribution in [0.1, 0.15) is 80.2 Å². The molecule has 0 spiro atoms. The quantitative estimate of drug-likeness (QED) is 0.159. The summed E-state index contributed by atoms with van der Waals surface area (Å²) in [7, 11) is 1.47. The fourth-order valence-electron chi connectivity index (χ4n) is 5.65. The topological polar surface area (TPSA) is 113 Å². The van der Waals surface area contributed by atoms with E-state index in [1.807, 2.05) is 18.7 Å². The number of benzene rings is 1. The van der Waals surface area contributed by atoms with E-state index in [1.54, 1.807) is 6.07 Å². The summed E-state index contributed by atoms with van der Waals surface area (Å²) in [6, 6.07) is 5.59. The summed E-state index contributed by atoms with van der Waals surface area (Å²) >= 11 is 0. The number of aryl methyl sites for hydroxylation is 1. The number of nitrogens with zero attached hydrogens (tertiary/aromatic N) is 8. The third kappa shape index (κ3) is 9.55. The minimum absolute atomic E-state index is 0.0363. The Morgan fingerprint density at radius 2 is 1.70 bits per heavy atom. The number of hydrogen-bond donors (Lipinski definition) is 0. The Labute approximate surface area is 268 Å². The van der Waals surface area contributed by atoms with Crippen molar-refractivity contribution in [3.8, 4) is 6.07 Å². The van der Waals surface area contributed by atoms with Gasteiger partial charge in [0.25, 0.3) is 5.95 Å². The van der Waals surface area contributed by atoms with Gasteiger partial charge in [-0.2, -0.15) is 36.4 Å². The fraction of sp³-hybridized carbons (Fsp3) is 0.548. The SMILES string of the molecule is CCCC(=O)OC1CCC(CN(CC)c2ncc(C(F)(F)F)cc2CN(Cc2cc(C#N)cc(C(F)(F)F)c2)c2nnn(C)n2)CC1. The Balaban J connectivity index is 1.65. The average Bonchev–Trinajstić information content (AvgIpc) is 3.45. The molecule has 1 aliphatic carbocycles. The maximum Gasteiger partial charge on any atom is 0.417 e. The van der Waals surface area contributed by atoms with E-state index in [9.17, 15) is 36.4 Å². The van der Waals surface area contributed by atoms with Crippen molar-refractivity contribution in [2.75, 3.05) is 22.9 Å². The fourth-order valence-corrected chi connectivity index (χ4v) is 5.65. The van der Waals surface area contributed by atoms with E-state index in [-0.39, 0.29) is 59.5 Å². The van der Waals surface area contributed by atoms with Gasteiger partial charge in [0, 0.05) is 44.4 Å². The van der Waals surface area contributed by atoms with Crippen LogP contribution in [0.15, 0.2) is 30.5 Å². The Hall–Kier alpha value is -4.42. The third-order valence-electron chi connectivity index (χ3n) is 7.94. The van der Waals surface area contributed by atoms with Crippen molar-refractivity contribution < 1.29 is 35.9 Å². The van der Waals surface area contributed by atoms with Crippen LogP contribution in [0.4, 0.5) is 38.1 Å². The molecular weight excluding hydrogens is 630 g/mol. The molecule has 1 aliphatic rings. The number of halogens is 6. The molecule has 0 amide bonds. The molecule has 254 valence electrons. The van der Waals surface area contributed by atoms with Crippen molar-refractivity contribution >= 4 is 17.7 Å². The summed E-state index contributed by atoms with van der Waals surface area (Å²) in [6.07, 6.45) is -4.90. The Morgan fingerprint density at radius 1 is 1.00 bits per heavy atom. The molecule has 1 aromatic carbocycles. The molecule has 0 atom stereocenters. The smallest absolute Gasteiger partial charge is 0.417 e. The molecule has 10 nitrogen and oxygen atoms in total. The van der Waals surface area contributed by atoms with E-state index < -0.39 is 23.5 Å². The number of esters is 1. The molecule has 16 heteroatoms. The summed E-state index contributed by atoms with van der Waals surface area (Å²) in [4.78, 5) is 20.6. The van der Waals surface area contributed by atoms with Crippen molar-refractivity contribution in [1.29, 1.82) is 5.26 Å². The van der Waals surface area contributed by atoms with Gasteiger partial charge in [-0.05, 0) is 80.0 Å². The lowest BCUT2D eigenvalue weighted by Crippen LogP contribution is -2.35. The molecule has 47 heavy (non-hydrogen) atoms. The number of nitriles is 1. The highest BCUT2D eigenvalue weighted by Crippen LogP contribution is 2.35. The molecule has 1 saturated carbocycles. The van der Waals surface area contributed by atoms with Crippen molar-refractivity contribution in [2.24, 2.45) is 13.0 Å². The number of tetrazole rings is 1. The first-order chi connectivity index (χ1) is 22.2. The van der Waals surface area contributed by atoms with Gasteiger partial charge in [0.2, 0.25) is 0 Å². The first-order valence-electron chi connectivity index (χ1n) is 15.3. The number of carbonyl (C=O) groups excluding carboxylic acids is 1. The zero-order chi connectivity index (χ0) is 34.4. The molecule has 0 unspecified atom stereocenters. The van der Waals surface area contributed by atoms with Crippen LogP contribution < -0.4 is 9.80 Å². The van der Waals surface area contributed by atoms with Gasteiger partial charge in [0.05, 0.1) is 29.8 Å². The number of anilines is 2. The molecule has 0 saturated heterocycles. The van der Waals surface area contributed by atoms with Crippen LogP contribution >= 0.6 is 0 Å². The molecule has 0 aliphatic heterocycles. The number of rotatable bonds is 12. The first kappa shape index (κ1) is 35.4. The Bertz CT molecular complexity index is 1560. The largest absolute Gasteiger partial charge is 0.462 e. The van der Waals surface area contributed by atoms with Gasteiger partial charge in [-0.1, -0.05) is 12.0 Å². The second kappa shape index (κ2) is 15.0. The second-order valence-electron chi connectivity index (χ2n) is 11.6. The summed E-state index contributed by atoms with van der Waals surface area (Å²) in [5.74, 6) is 0.194. The average molecular weight is 667 g/mol. The molecule has 3 aromatic rings. The number of alkyl halides is 6.